The third-order valence-corrected chi connectivity index (χ3v) is 2.13. The van der Waals surface area contributed by atoms with Gasteiger partial charge < -0.3 is 16.2 Å². The third kappa shape index (κ3) is 4.24. The van der Waals surface area contributed by atoms with Crippen LogP contribution in [-0.4, -0.2) is 30.2 Å². The summed E-state index contributed by atoms with van der Waals surface area (Å²) in [6.45, 7) is 5.98. The average molecular weight is 188 g/mol. The van der Waals surface area contributed by atoms with Gasteiger partial charge in [0.2, 0.25) is 5.91 Å². The van der Waals surface area contributed by atoms with Crippen molar-refractivity contribution in [3.8, 4) is 0 Å². The number of rotatable bonds is 5. The van der Waals surface area contributed by atoms with E-state index in [1.807, 2.05) is 13.8 Å². The van der Waals surface area contributed by atoms with E-state index in [0.717, 1.165) is 0 Å². The van der Waals surface area contributed by atoms with Crippen LogP contribution in [0.2, 0.25) is 0 Å². The lowest BCUT2D eigenvalue weighted by molar-refractivity contribution is -0.125. The lowest BCUT2D eigenvalue weighted by atomic mass is 10.0. The van der Waals surface area contributed by atoms with Crippen molar-refractivity contribution in [2.45, 2.75) is 26.8 Å². The van der Waals surface area contributed by atoms with Gasteiger partial charge in [-0.05, 0) is 5.92 Å². The van der Waals surface area contributed by atoms with Crippen molar-refractivity contribution in [1.29, 1.82) is 0 Å². The van der Waals surface area contributed by atoms with Gasteiger partial charge in [0.15, 0.2) is 0 Å². The number of hydrogen-bond acceptors (Lipinski definition) is 3. The minimum absolute atomic E-state index is 0.0271. The Morgan fingerprint density at radius 2 is 2.00 bits per heavy atom. The van der Waals surface area contributed by atoms with Crippen LogP contribution in [0.5, 0.6) is 0 Å². The molecule has 0 aromatic rings. The molecule has 0 fully saturated rings. The quantitative estimate of drug-likeness (QED) is 0.555. The molecule has 0 rings (SSSR count). The van der Waals surface area contributed by atoms with Crippen molar-refractivity contribution in [1.82, 2.24) is 5.32 Å². The summed E-state index contributed by atoms with van der Waals surface area (Å²) in [5.74, 6) is -0.0398. The van der Waals surface area contributed by atoms with Crippen molar-refractivity contribution in [3.63, 3.8) is 0 Å². The van der Waals surface area contributed by atoms with Crippen molar-refractivity contribution in [2.75, 3.05) is 13.2 Å². The average Bonchev–Trinajstić information content (AvgIpc) is 2.11. The second kappa shape index (κ2) is 5.94. The Morgan fingerprint density at radius 3 is 2.31 bits per heavy atom. The Kier molecular flexibility index (Phi) is 5.66. The molecule has 0 aliphatic heterocycles. The lowest BCUT2D eigenvalue weighted by Crippen LogP contribution is -2.44. The molecule has 78 valence electrons. The Morgan fingerprint density at radius 1 is 1.46 bits per heavy atom. The van der Waals surface area contributed by atoms with E-state index in [9.17, 15) is 4.79 Å². The molecule has 13 heavy (non-hydrogen) atoms. The van der Waals surface area contributed by atoms with Gasteiger partial charge in [0, 0.05) is 12.5 Å². The Hall–Kier alpha value is -0.610. The maximum absolute atomic E-state index is 11.3. The summed E-state index contributed by atoms with van der Waals surface area (Å²) in [7, 11) is 0. The van der Waals surface area contributed by atoms with Crippen LogP contribution in [0, 0.1) is 11.8 Å². The number of aliphatic hydroxyl groups excluding tert-OH is 1. The molecule has 0 bridgehead atoms. The van der Waals surface area contributed by atoms with Gasteiger partial charge >= 0.3 is 0 Å². The Balaban J connectivity index is 4.01. The second-order valence-electron chi connectivity index (χ2n) is 3.68. The van der Waals surface area contributed by atoms with Gasteiger partial charge in [-0.2, -0.15) is 0 Å². The predicted octanol–water partition coefficient (Wildman–Crippen LogP) is -0.286. The van der Waals surface area contributed by atoms with E-state index in [-0.39, 0.29) is 30.4 Å². The largest absolute Gasteiger partial charge is 0.394 e. The van der Waals surface area contributed by atoms with Gasteiger partial charge in [-0.25, -0.2) is 0 Å². The maximum atomic E-state index is 11.3. The molecular formula is C9H20N2O2. The van der Waals surface area contributed by atoms with Gasteiger partial charge in [0.05, 0.1) is 12.6 Å². The van der Waals surface area contributed by atoms with Crippen molar-refractivity contribution < 1.29 is 9.90 Å². The standard InChI is InChI=1S/C9H20N2O2/c1-6(2)8(5-12)11-9(13)7(3)4-10/h6-8,12H,4-5,10H2,1-3H3,(H,11,13)/t7?,8-/m1/s1. The predicted molar refractivity (Wildman–Crippen MR) is 52.1 cm³/mol. The van der Waals surface area contributed by atoms with Crippen molar-refractivity contribution in [2.24, 2.45) is 17.6 Å². The summed E-state index contributed by atoms with van der Waals surface area (Å²) in [4.78, 5) is 11.3. The first-order chi connectivity index (χ1) is 6.02. The molecule has 2 atom stereocenters. The summed E-state index contributed by atoms with van der Waals surface area (Å²) < 4.78 is 0. The zero-order chi connectivity index (χ0) is 10.4. The van der Waals surface area contributed by atoms with Gasteiger partial charge in [-0.3, -0.25) is 4.79 Å². The van der Waals surface area contributed by atoms with E-state index in [1.165, 1.54) is 0 Å². The molecule has 0 aliphatic rings. The molecule has 1 unspecified atom stereocenters. The van der Waals surface area contributed by atoms with Crippen LogP contribution in [0.1, 0.15) is 20.8 Å². The molecule has 0 spiro atoms. The van der Waals surface area contributed by atoms with Crippen LogP contribution in [-0.2, 0) is 4.79 Å². The van der Waals surface area contributed by atoms with Crippen LogP contribution in [0.4, 0.5) is 0 Å². The summed E-state index contributed by atoms with van der Waals surface area (Å²) in [5.41, 5.74) is 5.34. The highest BCUT2D eigenvalue weighted by Gasteiger charge is 2.18. The third-order valence-electron chi connectivity index (χ3n) is 2.13. The first kappa shape index (κ1) is 12.4. The minimum atomic E-state index is -0.187. The summed E-state index contributed by atoms with van der Waals surface area (Å²) >= 11 is 0. The van der Waals surface area contributed by atoms with Crippen LogP contribution >= 0.6 is 0 Å². The Bertz CT molecular complexity index is 160. The fourth-order valence-corrected chi connectivity index (χ4v) is 0.855. The van der Waals surface area contributed by atoms with Crippen LogP contribution in [0.15, 0.2) is 0 Å². The number of amides is 1. The summed E-state index contributed by atoms with van der Waals surface area (Å²) in [6, 6.07) is -0.165. The van der Waals surface area contributed by atoms with Gasteiger partial charge in [0.25, 0.3) is 0 Å². The zero-order valence-electron chi connectivity index (χ0n) is 8.58. The van der Waals surface area contributed by atoms with E-state index in [2.05, 4.69) is 5.32 Å². The van der Waals surface area contributed by atoms with E-state index < -0.39 is 0 Å². The SMILES string of the molecule is CC(CN)C(=O)N[C@H](CO)C(C)C. The summed E-state index contributed by atoms with van der Waals surface area (Å²) in [6.07, 6.45) is 0. The van der Waals surface area contributed by atoms with E-state index in [1.54, 1.807) is 6.92 Å². The number of carbonyl (C=O) groups is 1. The van der Waals surface area contributed by atoms with Crippen LogP contribution in [0.3, 0.4) is 0 Å². The molecule has 4 nitrogen and oxygen atoms in total. The highest BCUT2D eigenvalue weighted by Crippen LogP contribution is 2.02. The second-order valence-corrected chi connectivity index (χ2v) is 3.68. The number of nitrogens with two attached hydrogens (primary N) is 1. The number of carbonyl (C=O) groups excluding carboxylic acids is 1. The van der Waals surface area contributed by atoms with Crippen LogP contribution in [0.25, 0.3) is 0 Å². The van der Waals surface area contributed by atoms with Gasteiger partial charge in [-0.1, -0.05) is 20.8 Å². The number of hydrogen-bond donors (Lipinski definition) is 3. The van der Waals surface area contributed by atoms with E-state index >= 15 is 0 Å². The number of aliphatic hydroxyl groups is 1. The lowest BCUT2D eigenvalue weighted by Gasteiger charge is -2.21. The molecule has 0 saturated carbocycles. The molecule has 0 aliphatic carbocycles. The fourth-order valence-electron chi connectivity index (χ4n) is 0.855. The van der Waals surface area contributed by atoms with Crippen molar-refractivity contribution in [3.05, 3.63) is 0 Å². The molecule has 1 amide bonds. The fraction of sp³-hybridized carbons (Fsp3) is 0.889. The smallest absolute Gasteiger partial charge is 0.224 e. The molecule has 0 saturated heterocycles. The molecular weight excluding hydrogens is 168 g/mol. The normalized spacial score (nSPS) is 15.5. The molecule has 0 radical (unpaired) electrons. The highest BCUT2D eigenvalue weighted by atomic mass is 16.3. The van der Waals surface area contributed by atoms with E-state index in [0.29, 0.717) is 6.54 Å². The molecule has 0 aromatic heterocycles. The maximum Gasteiger partial charge on any atom is 0.224 e. The Labute approximate surface area is 79.5 Å². The number of nitrogens with one attached hydrogen (secondary N) is 1. The minimum Gasteiger partial charge on any atom is -0.394 e. The monoisotopic (exact) mass is 188 g/mol. The first-order valence-electron chi connectivity index (χ1n) is 4.64. The van der Waals surface area contributed by atoms with Gasteiger partial charge in [0.1, 0.15) is 0 Å². The first-order valence-corrected chi connectivity index (χ1v) is 4.64. The van der Waals surface area contributed by atoms with E-state index in [4.69, 9.17) is 10.8 Å². The van der Waals surface area contributed by atoms with Gasteiger partial charge in [-0.15, -0.1) is 0 Å². The van der Waals surface area contributed by atoms with Crippen LogP contribution < -0.4 is 11.1 Å². The molecule has 0 aromatic carbocycles. The highest BCUT2D eigenvalue weighted by molar-refractivity contribution is 5.78. The summed E-state index contributed by atoms with van der Waals surface area (Å²) in [5, 5.41) is 11.7. The zero-order valence-corrected chi connectivity index (χ0v) is 8.58. The molecule has 0 heterocycles. The topological polar surface area (TPSA) is 75.4 Å². The molecule has 4 N–H and O–H groups in total. The molecule has 4 heteroatoms. The van der Waals surface area contributed by atoms with Crippen molar-refractivity contribution >= 4 is 5.91 Å².